The van der Waals surface area contributed by atoms with E-state index >= 15 is 0 Å². The standard InChI is InChI=1S/C23H28N6O3/c1-3-32-21(30)15-25-23(31)28-13-11-27(12-14-28)16-20-26-19-5-4-10-24-22(19)29(20)18-8-6-17(2)7-9-18/h4-10H,3,11-16H2,1-2H3,(H,25,31). The minimum Gasteiger partial charge on any atom is -0.465 e. The monoisotopic (exact) mass is 436 g/mol. The summed E-state index contributed by atoms with van der Waals surface area (Å²) in [4.78, 5) is 37.2. The molecule has 0 spiro atoms. The Kier molecular flexibility index (Phi) is 6.65. The van der Waals surface area contributed by atoms with E-state index in [9.17, 15) is 9.59 Å². The first kappa shape index (κ1) is 21.8. The second-order valence-electron chi connectivity index (χ2n) is 7.77. The number of amides is 2. The van der Waals surface area contributed by atoms with Crippen molar-refractivity contribution in [2.75, 3.05) is 39.3 Å². The van der Waals surface area contributed by atoms with E-state index in [1.54, 1.807) is 18.0 Å². The van der Waals surface area contributed by atoms with Gasteiger partial charge in [0.2, 0.25) is 0 Å². The lowest BCUT2D eigenvalue weighted by Crippen LogP contribution is -2.52. The van der Waals surface area contributed by atoms with Crippen LogP contribution >= 0.6 is 0 Å². The second kappa shape index (κ2) is 9.78. The molecule has 4 rings (SSSR count). The molecule has 1 aromatic carbocycles. The number of imidazole rings is 1. The largest absolute Gasteiger partial charge is 0.465 e. The number of hydrogen-bond donors (Lipinski definition) is 1. The van der Waals surface area contributed by atoms with Crippen molar-refractivity contribution in [3.8, 4) is 5.69 Å². The van der Waals surface area contributed by atoms with E-state index in [0.717, 1.165) is 35.8 Å². The maximum atomic E-state index is 12.3. The van der Waals surface area contributed by atoms with Crippen LogP contribution in [0.4, 0.5) is 4.79 Å². The van der Waals surface area contributed by atoms with Crippen LogP contribution in [0.25, 0.3) is 16.9 Å². The van der Waals surface area contributed by atoms with Crippen LogP contribution in [0.5, 0.6) is 0 Å². The van der Waals surface area contributed by atoms with Crippen molar-refractivity contribution in [2.24, 2.45) is 0 Å². The number of nitrogens with zero attached hydrogens (tertiary/aromatic N) is 5. The number of esters is 1. The predicted molar refractivity (Wildman–Crippen MR) is 120 cm³/mol. The molecule has 168 valence electrons. The van der Waals surface area contributed by atoms with E-state index in [2.05, 4.69) is 51.0 Å². The summed E-state index contributed by atoms with van der Waals surface area (Å²) in [5.41, 5.74) is 3.93. The number of aromatic nitrogens is 3. The van der Waals surface area contributed by atoms with Crippen molar-refractivity contribution in [1.29, 1.82) is 0 Å². The summed E-state index contributed by atoms with van der Waals surface area (Å²) in [5, 5.41) is 2.62. The molecule has 1 N–H and O–H groups in total. The zero-order valence-electron chi connectivity index (χ0n) is 18.5. The van der Waals surface area contributed by atoms with Crippen LogP contribution in [0, 0.1) is 6.92 Å². The van der Waals surface area contributed by atoms with Crippen molar-refractivity contribution in [2.45, 2.75) is 20.4 Å². The number of aryl methyl sites for hydroxylation is 1. The van der Waals surface area contributed by atoms with Gasteiger partial charge in [0.15, 0.2) is 5.65 Å². The highest BCUT2D eigenvalue weighted by Crippen LogP contribution is 2.21. The van der Waals surface area contributed by atoms with Crippen LogP contribution in [0.2, 0.25) is 0 Å². The highest BCUT2D eigenvalue weighted by molar-refractivity contribution is 5.81. The SMILES string of the molecule is CCOC(=O)CNC(=O)N1CCN(Cc2nc3cccnc3n2-c2ccc(C)cc2)CC1. The molecule has 2 aromatic heterocycles. The Morgan fingerprint density at radius 1 is 1.09 bits per heavy atom. The maximum absolute atomic E-state index is 12.3. The van der Waals surface area contributed by atoms with Crippen LogP contribution in [0.1, 0.15) is 18.3 Å². The third-order valence-electron chi connectivity index (χ3n) is 5.49. The number of piperazine rings is 1. The minimum absolute atomic E-state index is 0.111. The van der Waals surface area contributed by atoms with Crippen molar-refractivity contribution in [3.05, 3.63) is 54.0 Å². The third kappa shape index (κ3) is 4.88. The fourth-order valence-electron chi connectivity index (χ4n) is 3.81. The number of nitrogens with one attached hydrogen (secondary N) is 1. The van der Waals surface area contributed by atoms with Gasteiger partial charge in [-0.15, -0.1) is 0 Å². The predicted octanol–water partition coefficient (Wildman–Crippen LogP) is 2.12. The highest BCUT2D eigenvalue weighted by atomic mass is 16.5. The number of pyridine rings is 1. The summed E-state index contributed by atoms with van der Waals surface area (Å²) in [6, 6.07) is 12.0. The van der Waals surface area contributed by atoms with Crippen LogP contribution < -0.4 is 5.32 Å². The fraction of sp³-hybridized carbons (Fsp3) is 0.391. The average Bonchev–Trinajstić information content (AvgIpc) is 3.16. The molecule has 3 aromatic rings. The van der Waals surface area contributed by atoms with Gasteiger partial charge in [0, 0.05) is 38.1 Å². The lowest BCUT2D eigenvalue weighted by molar-refractivity contribution is -0.141. The summed E-state index contributed by atoms with van der Waals surface area (Å²) in [6.07, 6.45) is 1.78. The Balaban J connectivity index is 1.43. The first-order valence-electron chi connectivity index (χ1n) is 10.9. The molecule has 32 heavy (non-hydrogen) atoms. The van der Waals surface area contributed by atoms with Gasteiger partial charge in [-0.2, -0.15) is 0 Å². The Bertz CT molecular complexity index is 1090. The lowest BCUT2D eigenvalue weighted by atomic mass is 10.2. The minimum atomic E-state index is -0.428. The number of ether oxygens (including phenoxy) is 1. The molecule has 1 aliphatic rings. The molecule has 3 heterocycles. The molecule has 1 aliphatic heterocycles. The number of urea groups is 1. The Morgan fingerprint density at radius 3 is 2.56 bits per heavy atom. The van der Waals surface area contributed by atoms with Crippen LogP contribution in [0.15, 0.2) is 42.6 Å². The molecule has 0 atom stereocenters. The quantitative estimate of drug-likeness (QED) is 0.595. The smallest absolute Gasteiger partial charge is 0.325 e. The summed E-state index contributed by atoms with van der Waals surface area (Å²) in [6.45, 7) is 7.25. The lowest BCUT2D eigenvalue weighted by Gasteiger charge is -2.34. The summed E-state index contributed by atoms with van der Waals surface area (Å²) in [7, 11) is 0. The Morgan fingerprint density at radius 2 is 1.84 bits per heavy atom. The summed E-state index contributed by atoms with van der Waals surface area (Å²) in [5.74, 6) is 0.492. The van der Waals surface area contributed by atoms with Crippen molar-refractivity contribution < 1.29 is 14.3 Å². The topological polar surface area (TPSA) is 92.6 Å². The molecular formula is C23H28N6O3. The normalized spacial score (nSPS) is 14.5. The molecule has 0 unspecified atom stereocenters. The molecular weight excluding hydrogens is 408 g/mol. The van der Waals surface area contributed by atoms with E-state index in [0.29, 0.717) is 26.2 Å². The van der Waals surface area contributed by atoms with Gasteiger partial charge in [0.05, 0.1) is 13.2 Å². The van der Waals surface area contributed by atoms with Gasteiger partial charge in [-0.25, -0.2) is 14.8 Å². The van der Waals surface area contributed by atoms with Crippen LogP contribution in [-0.2, 0) is 16.1 Å². The number of rotatable bonds is 6. The van der Waals surface area contributed by atoms with Gasteiger partial charge < -0.3 is 15.0 Å². The zero-order chi connectivity index (χ0) is 22.5. The van der Waals surface area contributed by atoms with Gasteiger partial charge in [0.25, 0.3) is 0 Å². The van der Waals surface area contributed by atoms with E-state index in [1.807, 2.05) is 12.1 Å². The number of carbonyl (C=O) groups excluding carboxylic acids is 2. The number of carbonyl (C=O) groups is 2. The van der Waals surface area contributed by atoms with Gasteiger partial charge in [-0.05, 0) is 38.1 Å². The van der Waals surface area contributed by atoms with Crippen LogP contribution in [-0.4, -0.2) is 75.7 Å². The maximum Gasteiger partial charge on any atom is 0.325 e. The molecule has 1 fully saturated rings. The average molecular weight is 437 g/mol. The first-order valence-corrected chi connectivity index (χ1v) is 10.9. The molecule has 0 saturated carbocycles. The van der Waals surface area contributed by atoms with Gasteiger partial charge in [0.1, 0.15) is 17.9 Å². The van der Waals surface area contributed by atoms with Crippen molar-refractivity contribution in [1.82, 2.24) is 29.7 Å². The second-order valence-corrected chi connectivity index (χ2v) is 7.77. The molecule has 0 radical (unpaired) electrons. The number of fused-ring (bicyclic) bond motifs is 1. The van der Waals surface area contributed by atoms with Gasteiger partial charge >= 0.3 is 12.0 Å². The molecule has 9 nitrogen and oxygen atoms in total. The number of hydrogen-bond acceptors (Lipinski definition) is 6. The van der Waals surface area contributed by atoms with E-state index in [4.69, 9.17) is 9.72 Å². The van der Waals surface area contributed by atoms with Gasteiger partial charge in [-0.1, -0.05) is 17.7 Å². The first-order chi connectivity index (χ1) is 15.5. The molecule has 1 saturated heterocycles. The van der Waals surface area contributed by atoms with E-state index in [1.165, 1.54) is 5.56 Å². The molecule has 2 amide bonds. The molecule has 0 bridgehead atoms. The van der Waals surface area contributed by atoms with Crippen LogP contribution in [0.3, 0.4) is 0 Å². The van der Waals surface area contributed by atoms with Crippen molar-refractivity contribution >= 4 is 23.2 Å². The van der Waals surface area contributed by atoms with Gasteiger partial charge in [-0.3, -0.25) is 14.3 Å². The molecule has 9 heteroatoms. The fourth-order valence-corrected chi connectivity index (χ4v) is 3.81. The number of benzene rings is 1. The summed E-state index contributed by atoms with van der Waals surface area (Å²) < 4.78 is 6.95. The summed E-state index contributed by atoms with van der Waals surface area (Å²) >= 11 is 0. The van der Waals surface area contributed by atoms with Crippen molar-refractivity contribution in [3.63, 3.8) is 0 Å². The Hall–Kier alpha value is -3.46. The van der Waals surface area contributed by atoms with E-state index < -0.39 is 5.97 Å². The zero-order valence-corrected chi connectivity index (χ0v) is 18.5. The third-order valence-corrected chi connectivity index (χ3v) is 5.49. The molecule has 0 aliphatic carbocycles. The highest BCUT2D eigenvalue weighted by Gasteiger charge is 2.23. The van der Waals surface area contributed by atoms with E-state index in [-0.39, 0.29) is 12.6 Å². The Labute approximate surface area is 187 Å².